The maximum Gasteiger partial charge on any atom is 0.269 e. The summed E-state index contributed by atoms with van der Waals surface area (Å²) in [4.78, 5) is 12.2. The van der Waals surface area contributed by atoms with Crippen molar-refractivity contribution in [2.45, 2.75) is 32.7 Å². The summed E-state index contributed by atoms with van der Waals surface area (Å²) in [6.45, 7) is 4.60. The van der Waals surface area contributed by atoms with Crippen LogP contribution < -0.4 is 4.90 Å². The minimum Gasteiger partial charge on any atom is -0.467 e. The third kappa shape index (κ3) is 5.68. The molecule has 1 saturated heterocycles. The molecule has 0 saturated carbocycles. The molecule has 0 radical (unpaired) electrons. The van der Waals surface area contributed by atoms with Crippen LogP contribution in [0.2, 0.25) is 0 Å². The Morgan fingerprint density at radius 2 is 1.83 bits per heavy atom. The second-order valence-corrected chi connectivity index (χ2v) is 6.61. The van der Waals surface area contributed by atoms with E-state index >= 15 is 0 Å². The van der Waals surface area contributed by atoms with E-state index in [9.17, 15) is 15.2 Å². The van der Waals surface area contributed by atoms with Crippen LogP contribution in [-0.2, 0) is 4.74 Å². The van der Waals surface area contributed by atoms with E-state index in [4.69, 9.17) is 15.3 Å². The molecule has 2 heterocycles. The number of hydrogen-bond acceptors (Lipinski definition) is 7. The van der Waals surface area contributed by atoms with Crippen LogP contribution >= 0.6 is 0 Å². The van der Waals surface area contributed by atoms with Crippen molar-refractivity contribution in [2.24, 2.45) is 0 Å². The molecule has 1 atom stereocenters. The van der Waals surface area contributed by atoms with Gasteiger partial charge in [-0.3, -0.25) is 10.1 Å². The first-order valence-electron chi connectivity index (χ1n) is 9.10. The minimum absolute atomic E-state index is 0.100. The first-order valence-corrected chi connectivity index (χ1v) is 9.10. The number of non-ortho nitro benzene ring substituents is 1. The highest BCUT2D eigenvalue weighted by Crippen LogP contribution is 2.26. The van der Waals surface area contributed by atoms with E-state index in [1.807, 2.05) is 12.1 Å². The van der Waals surface area contributed by atoms with Gasteiger partial charge in [0.05, 0.1) is 17.6 Å². The highest BCUT2D eigenvalue weighted by molar-refractivity contribution is 5.53. The SMILES string of the molecule is CC1=CC(=C(C#N)C#N)C=C(C)O1.O=[N+]([O-])c1ccc(N2CCC[C@H]2CO)cc1. The average molecular weight is 394 g/mol. The van der Waals surface area contributed by atoms with Crippen molar-refractivity contribution in [3.63, 3.8) is 0 Å². The van der Waals surface area contributed by atoms with Crippen LogP contribution in [-0.4, -0.2) is 29.2 Å². The predicted octanol–water partition coefficient (Wildman–Crippen LogP) is 3.72. The second kappa shape index (κ2) is 10.1. The average Bonchev–Trinajstić information content (AvgIpc) is 3.17. The fourth-order valence-electron chi connectivity index (χ4n) is 3.22. The lowest BCUT2D eigenvalue weighted by Crippen LogP contribution is -2.31. The predicted molar refractivity (Wildman–Crippen MR) is 107 cm³/mol. The summed E-state index contributed by atoms with van der Waals surface area (Å²) < 4.78 is 5.22. The molecule has 150 valence electrons. The van der Waals surface area contributed by atoms with Crippen LogP contribution in [0.15, 0.2) is 59.1 Å². The number of nitro groups is 1. The van der Waals surface area contributed by atoms with E-state index < -0.39 is 4.92 Å². The van der Waals surface area contributed by atoms with Gasteiger partial charge in [0, 0.05) is 29.9 Å². The summed E-state index contributed by atoms with van der Waals surface area (Å²) in [5, 5.41) is 36.9. The molecule has 3 rings (SSSR count). The van der Waals surface area contributed by atoms with E-state index in [0.29, 0.717) is 17.1 Å². The van der Waals surface area contributed by atoms with Gasteiger partial charge in [0.1, 0.15) is 29.2 Å². The van der Waals surface area contributed by atoms with Crippen molar-refractivity contribution in [1.29, 1.82) is 10.5 Å². The molecule has 0 unspecified atom stereocenters. The number of allylic oxidation sites excluding steroid dienone is 6. The topological polar surface area (TPSA) is 123 Å². The zero-order valence-corrected chi connectivity index (χ0v) is 16.3. The number of aliphatic hydroxyl groups excluding tert-OH is 1. The van der Waals surface area contributed by atoms with E-state index in [0.717, 1.165) is 25.1 Å². The highest BCUT2D eigenvalue weighted by atomic mass is 16.6. The molecule has 8 nitrogen and oxygen atoms in total. The monoisotopic (exact) mass is 394 g/mol. The first kappa shape index (κ1) is 21.7. The largest absolute Gasteiger partial charge is 0.467 e. The van der Waals surface area contributed by atoms with Gasteiger partial charge >= 0.3 is 0 Å². The lowest BCUT2D eigenvalue weighted by atomic mass is 10.1. The first-order chi connectivity index (χ1) is 13.9. The number of rotatable bonds is 3. The number of nitriles is 2. The molecule has 0 aromatic heterocycles. The van der Waals surface area contributed by atoms with Gasteiger partial charge in [-0.15, -0.1) is 0 Å². The molecule has 1 aromatic rings. The van der Waals surface area contributed by atoms with Crippen molar-refractivity contribution in [3.8, 4) is 12.1 Å². The molecule has 8 heteroatoms. The lowest BCUT2D eigenvalue weighted by Gasteiger charge is -2.24. The summed E-state index contributed by atoms with van der Waals surface area (Å²) in [6.07, 6.45) is 5.39. The van der Waals surface area contributed by atoms with Gasteiger partial charge in [0.2, 0.25) is 0 Å². The van der Waals surface area contributed by atoms with E-state index in [-0.39, 0.29) is 23.9 Å². The number of aliphatic hydroxyl groups is 1. The van der Waals surface area contributed by atoms with Crippen LogP contribution in [0.5, 0.6) is 0 Å². The van der Waals surface area contributed by atoms with Gasteiger partial charge in [-0.2, -0.15) is 10.5 Å². The van der Waals surface area contributed by atoms with Crippen molar-refractivity contribution in [2.75, 3.05) is 18.1 Å². The maximum atomic E-state index is 10.5. The highest BCUT2D eigenvalue weighted by Gasteiger charge is 2.24. The van der Waals surface area contributed by atoms with Crippen LogP contribution in [0.1, 0.15) is 26.7 Å². The Hall–Kier alpha value is -3.62. The molecule has 0 aliphatic carbocycles. The molecular formula is C21H22N4O4. The lowest BCUT2D eigenvalue weighted by molar-refractivity contribution is -0.384. The Balaban J connectivity index is 0.000000212. The van der Waals surface area contributed by atoms with Crippen LogP contribution in [0.3, 0.4) is 0 Å². The minimum atomic E-state index is -0.405. The van der Waals surface area contributed by atoms with Crippen LogP contribution in [0, 0.1) is 32.8 Å². The van der Waals surface area contributed by atoms with Gasteiger partial charge in [-0.1, -0.05) is 0 Å². The molecule has 0 spiro atoms. The molecule has 1 fully saturated rings. The Labute approximate surface area is 169 Å². The number of ether oxygens (including phenoxy) is 1. The summed E-state index contributed by atoms with van der Waals surface area (Å²) in [6, 6.07) is 10.3. The third-order valence-corrected chi connectivity index (χ3v) is 4.53. The molecule has 2 aliphatic rings. The standard InChI is InChI=1S/C11H14N2O3.C10H8N2O/c14-8-11-2-1-7-12(11)9-3-5-10(6-4-9)13(15)16;1-7-3-9(4-8(2)13-7)10(5-11)6-12/h3-6,11,14H,1-2,7-8H2;3-4H,1-2H3/t11-;/m0./s1. The van der Waals surface area contributed by atoms with Gasteiger partial charge in [-0.05, 0) is 51.0 Å². The van der Waals surface area contributed by atoms with Crippen molar-refractivity contribution >= 4 is 11.4 Å². The number of benzene rings is 1. The summed E-state index contributed by atoms with van der Waals surface area (Å²) in [5.41, 5.74) is 1.78. The van der Waals surface area contributed by atoms with Crippen LogP contribution in [0.25, 0.3) is 0 Å². The molecular weight excluding hydrogens is 372 g/mol. The number of anilines is 1. The summed E-state index contributed by atoms with van der Waals surface area (Å²) >= 11 is 0. The Morgan fingerprint density at radius 3 is 2.31 bits per heavy atom. The smallest absolute Gasteiger partial charge is 0.269 e. The summed E-state index contributed by atoms with van der Waals surface area (Å²) in [5.74, 6) is 1.39. The van der Waals surface area contributed by atoms with E-state index in [1.165, 1.54) is 12.1 Å². The molecule has 1 N–H and O–H groups in total. The number of hydrogen-bond donors (Lipinski definition) is 1. The molecule has 1 aromatic carbocycles. The molecule has 29 heavy (non-hydrogen) atoms. The van der Waals surface area contributed by atoms with E-state index in [1.54, 1.807) is 38.1 Å². The van der Waals surface area contributed by atoms with Crippen molar-refractivity contribution < 1.29 is 14.8 Å². The number of nitrogens with zero attached hydrogens (tertiary/aromatic N) is 4. The third-order valence-electron chi connectivity index (χ3n) is 4.53. The Kier molecular flexibility index (Phi) is 7.53. The zero-order chi connectivity index (χ0) is 21.4. The Bertz CT molecular complexity index is 897. The zero-order valence-electron chi connectivity index (χ0n) is 16.3. The number of nitro benzene ring substituents is 1. The van der Waals surface area contributed by atoms with Gasteiger partial charge in [0.25, 0.3) is 5.69 Å². The van der Waals surface area contributed by atoms with Gasteiger partial charge < -0.3 is 14.7 Å². The second-order valence-electron chi connectivity index (χ2n) is 6.61. The van der Waals surface area contributed by atoms with Gasteiger partial charge in [0.15, 0.2) is 0 Å². The van der Waals surface area contributed by atoms with E-state index in [2.05, 4.69) is 4.90 Å². The Morgan fingerprint density at radius 1 is 1.24 bits per heavy atom. The molecule has 2 aliphatic heterocycles. The van der Waals surface area contributed by atoms with Crippen molar-refractivity contribution in [3.05, 3.63) is 69.2 Å². The fourth-order valence-corrected chi connectivity index (χ4v) is 3.22. The van der Waals surface area contributed by atoms with Crippen LogP contribution in [0.4, 0.5) is 11.4 Å². The van der Waals surface area contributed by atoms with Gasteiger partial charge in [-0.25, -0.2) is 0 Å². The maximum absolute atomic E-state index is 10.5. The molecule has 0 amide bonds. The summed E-state index contributed by atoms with van der Waals surface area (Å²) in [7, 11) is 0. The quantitative estimate of drug-likeness (QED) is 0.470. The van der Waals surface area contributed by atoms with Crippen molar-refractivity contribution in [1.82, 2.24) is 0 Å². The fraction of sp³-hybridized carbons (Fsp3) is 0.333. The normalized spacial score (nSPS) is 17.6. The molecule has 0 bridgehead atoms.